The highest BCUT2D eigenvalue weighted by Crippen LogP contribution is 2.25. The summed E-state index contributed by atoms with van der Waals surface area (Å²) in [6, 6.07) is 15.8. The minimum absolute atomic E-state index is 0.331. The van der Waals surface area contributed by atoms with Gasteiger partial charge in [-0.3, -0.25) is 0 Å². The Morgan fingerprint density at radius 2 is 1.86 bits per heavy atom. The minimum atomic E-state index is -0.331. The number of fused-ring (bicyclic) bond motifs is 1. The molecule has 0 aliphatic rings. The second-order valence-electron chi connectivity index (χ2n) is 5.46. The number of benzene rings is 2. The first-order chi connectivity index (χ1) is 10.7. The van der Waals surface area contributed by atoms with E-state index in [1.807, 2.05) is 49.4 Å². The summed E-state index contributed by atoms with van der Waals surface area (Å²) in [5.41, 5.74) is 3.82. The Morgan fingerprint density at radius 1 is 1.09 bits per heavy atom. The maximum atomic E-state index is 12.3. The molecule has 0 aliphatic carbocycles. The van der Waals surface area contributed by atoms with E-state index in [9.17, 15) is 4.79 Å². The highest BCUT2D eigenvalue weighted by Gasteiger charge is 2.11. The Balaban J connectivity index is 2.08. The molecule has 0 unspecified atom stereocenters. The van der Waals surface area contributed by atoms with E-state index in [-0.39, 0.29) is 5.63 Å². The van der Waals surface area contributed by atoms with Crippen molar-refractivity contribution in [1.82, 2.24) is 0 Å². The standard InChI is InChI=1S/C19H19NO2/c1-3-7-14-10-11-16-13(2)18(19(21)22-17(16)12-14)20-15-8-5-4-6-9-15/h4-6,8-12,20H,3,7H2,1-2H3. The number of anilines is 2. The summed E-state index contributed by atoms with van der Waals surface area (Å²) in [4.78, 5) is 12.3. The van der Waals surface area contributed by atoms with Gasteiger partial charge in [-0.05, 0) is 42.7 Å². The molecule has 1 heterocycles. The molecule has 0 bridgehead atoms. The Labute approximate surface area is 129 Å². The van der Waals surface area contributed by atoms with Crippen LogP contribution in [0.4, 0.5) is 11.4 Å². The third-order valence-corrected chi connectivity index (χ3v) is 3.81. The Hall–Kier alpha value is -2.55. The fraction of sp³-hybridized carbons (Fsp3) is 0.211. The number of hydrogen-bond acceptors (Lipinski definition) is 3. The second kappa shape index (κ2) is 6.06. The lowest BCUT2D eigenvalue weighted by atomic mass is 10.0. The van der Waals surface area contributed by atoms with Crippen molar-refractivity contribution in [1.29, 1.82) is 0 Å². The summed E-state index contributed by atoms with van der Waals surface area (Å²) in [5, 5.41) is 4.14. The molecule has 0 radical (unpaired) electrons. The van der Waals surface area contributed by atoms with Crippen molar-refractivity contribution in [2.45, 2.75) is 26.7 Å². The van der Waals surface area contributed by atoms with Gasteiger partial charge in [-0.1, -0.05) is 43.7 Å². The Morgan fingerprint density at radius 3 is 2.59 bits per heavy atom. The monoisotopic (exact) mass is 293 g/mol. The molecular formula is C19H19NO2. The molecular weight excluding hydrogens is 274 g/mol. The number of rotatable bonds is 4. The molecule has 3 rings (SSSR count). The number of nitrogens with one attached hydrogen (secondary N) is 1. The zero-order valence-electron chi connectivity index (χ0n) is 12.8. The lowest BCUT2D eigenvalue weighted by molar-refractivity contribution is 0.562. The summed E-state index contributed by atoms with van der Waals surface area (Å²) in [7, 11) is 0. The van der Waals surface area contributed by atoms with Crippen LogP contribution >= 0.6 is 0 Å². The van der Waals surface area contributed by atoms with Gasteiger partial charge in [0.1, 0.15) is 11.3 Å². The van der Waals surface area contributed by atoms with Gasteiger partial charge < -0.3 is 9.73 Å². The van der Waals surface area contributed by atoms with Crippen LogP contribution in [-0.2, 0) is 6.42 Å². The van der Waals surface area contributed by atoms with Crippen molar-refractivity contribution in [2.75, 3.05) is 5.32 Å². The predicted octanol–water partition coefficient (Wildman–Crippen LogP) is 4.80. The van der Waals surface area contributed by atoms with Crippen molar-refractivity contribution < 1.29 is 4.42 Å². The topological polar surface area (TPSA) is 42.2 Å². The molecule has 1 N–H and O–H groups in total. The average molecular weight is 293 g/mol. The molecule has 0 atom stereocenters. The van der Waals surface area contributed by atoms with Gasteiger partial charge in [0, 0.05) is 11.1 Å². The van der Waals surface area contributed by atoms with Crippen LogP contribution in [0.25, 0.3) is 11.0 Å². The van der Waals surface area contributed by atoms with Crippen molar-refractivity contribution in [3.63, 3.8) is 0 Å². The molecule has 0 fully saturated rings. The van der Waals surface area contributed by atoms with E-state index in [2.05, 4.69) is 18.3 Å². The lowest BCUT2D eigenvalue weighted by Gasteiger charge is -2.11. The first kappa shape index (κ1) is 14.4. The largest absolute Gasteiger partial charge is 0.421 e. The van der Waals surface area contributed by atoms with Crippen LogP contribution in [0.3, 0.4) is 0 Å². The maximum Gasteiger partial charge on any atom is 0.360 e. The van der Waals surface area contributed by atoms with E-state index < -0.39 is 0 Å². The summed E-state index contributed by atoms with van der Waals surface area (Å²) in [5.74, 6) is 0. The molecule has 2 aromatic carbocycles. The third kappa shape index (κ3) is 2.75. The van der Waals surface area contributed by atoms with Crippen molar-refractivity contribution >= 4 is 22.3 Å². The van der Waals surface area contributed by atoms with Crippen LogP contribution in [0.15, 0.2) is 57.7 Å². The summed E-state index contributed by atoms with van der Waals surface area (Å²) >= 11 is 0. The normalized spacial score (nSPS) is 10.8. The van der Waals surface area contributed by atoms with Gasteiger partial charge in [-0.15, -0.1) is 0 Å². The molecule has 0 saturated heterocycles. The molecule has 3 nitrogen and oxygen atoms in total. The zero-order valence-corrected chi connectivity index (χ0v) is 12.8. The van der Waals surface area contributed by atoms with Gasteiger partial charge in [0.2, 0.25) is 0 Å². The fourth-order valence-corrected chi connectivity index (χ4v) is 2.65. The third-order valence-electron chi connectivity index (χ3n) is 3.81. The molecule has 1 aromatic heterocycles. The van der Waals surface area contributed by atoms with E-state index >= 15 is 0 Å². The van der Waals surface area contributed by atoms with Gasteiger partial charge >= 0.3 is 5.63 Å². The van der Waals surface area contributed by atoms with Crippen LogP contribution in [0.1, 0.15) is 24.5 Å². The highest BCUT2D eigenvalue weighted by molar-refractivity contribution is 5.86. The predicted molar refractivity (Wildman–Crippen MR) is 90.9 cm³/mol. The van der Waals surface area contributed by atoms with Crippen LogP contribution in [0.5, 0.6) is 0 Å². The van der Waals surface area contributed by atoms with Crippen LogP contribution in [0, 0.1) is 6.92 Å². The highest BCUT2D eigenvalue weighted by atomic mass is 16.4. The second-order valence-corrected chi connectivity index (χ2v) is 5.46. The Bertz CT molecular complexity index is 850. The molecule has 0 saturated carbocycles. The van der Waals surface area contributed by atoms with Gasteiger partial charge in [0.25, 0.3) is 0 Å². The number of para-hydroxylation sites is 1. The van der Waals surface area contributed by atoms with E-state index in [0.717, 1.165) is 29.5 Å². The summed E-state index contributed by atoms with van der Waals surface area (Å²) in [6.07, 6.45) is 2.06. The van der Waals surface area contributed by atoms with Crippen molar-refractivity contribution in [2.24, 2.45) is 0 Å². The van der Waals surface area contributed by atoms with Crippen molar-refractivity contribution in [3.05, 3.63) is 70.1 Å². The lowest BCUT2D eigenvalue weighted by Crippen LogP contribution is -2.09. The number of aryl methyl sites for hydroxylation is 2. The van der Waals surface area contributed by atoms with Crippen LogP contribution < -0.4 is 10.9 Å². The molecule has 22 heavy (non-hydrogen) atoms. The fourth-order valence-electron chi connectivity index (χ4n) is 2.65. The number of hydrogen-bond donors (Lipinski definition) is 1. The Kier molecular flexibility index (Phi) is 3.96. The maximum absolute atomic E-state index is 12.3. The summed E-state index contributed by atoms with van der Waals surface area (Å²) in [6.45, 7) is 4.09. The van der Waals surface area contributed by atoms with Crippen LogP contribution in [-0.4, -0.2) is 0 Å². The molecule has 0 amide bonds. The van der Waals surface area contributed by atoms with Gasteiger partial charge in [-0.25, -0.2) is 4.79 Å². The average Bonchev–Trinajstić information content (AvgIpc) is 2.52. The van der Waals surface area contributed by atoms with E-state index in [1.54, 1.807) is 0 Å². The first-order valence-electron chi connectivity index (χ1n) is 7.57. The summed E-state index contributed by atoms with van der Waals surface area (Å²) < 4.78 is 5.51. The zero-order chi connectivity index (χ0) is 15.5. The molecule has 0 spiro atoms. The minimum Gasteiger partial charge on any atom is -0.421 e. The SMILES string of the molecule is CCCc1ccc2c(C)c(Nc3ccccc3)c(=O)oc2c1. The van der Waals surface area contributed by atoms with E-state index in [1.165, 1.54) is 5.56 Å². The van der Waals surface area contributed by atoms with E-state index in [4.69, 9.17) is 4.42 Å². The van der Waals surface area contributed by atoms with Crippen LogP contribution in [0.2, 0.25) is 0 Å². The van der Waals surface area contributed by atoms with Gasteiger partial charge in [0.05, 0.1) is 0 Å². The smallest absolute Gasteiger partial charge is 0.360 e. The first-order valence-corrected chi connectivity index (χ1v) is 7.57. The molecule has 112 valence electrons. The van der Waals surface area contributed by atoms with Gasteiger partial charge in [0.15, 0.2) is 0 Å². The quantitative estimate of drug-likeness (QED) is 0.703. The molecule has 3 heteroatoms. The van der Waals surface area contributed by atoms with Crippen molar-refractivity contribution in [3.8, 4) is 0 Å². The van der Waals surface area contributed by atoms with Gasteiger partial charge in [-0.2, -0.15) is 0 Å². The van der Waals surface area contributed by atoms with E-state index in [0.29, 0.717) is 11.3 Å². The molecule has 0 aliphatic heterocycles. The molecule has 3 aromatic rings.